The molecule has 7 heteroatoms. The zero-order chi connectivity index (χ0) is 20.5. The van der Waals surface area contributed by atoms with Crippen molar-refractivity contribution in [3.63, 3.8) is 0 Å². The summed E-state index contributed by atoms with van der Waals surface area (Å²) in [5.74, 6) is -3.78. The minimum absolute atomic E-state index is 0.0219. The molecule has 7 nitrogen and oxygen atoms in total. The van der Waals surface area contributed by atoms with Crippen molar-refractivity contribution >= 4 is 23.2 Å². The number of amides is 2. The van der Waals surface area contributed by atoms with Crippen LogP contribution in [0.2, 0.25) is 0 Å². The Morgan fingerprint density at radius 2 is 1.32 bits per heavy atom. The Kier molecular flexibility index (Phi) is 7.68. The number of benzene rings is 2. The molecule has 28 heavy (non-hydrogen) atoms. The van der Waals surface area contributed by atoms with Crippen LogP contribution in [0.25, 0.3) is 0 Å². The summed E-state index contributed by atoms with van der Waals surface area (Å²) < 4.78 is 0. The van der Waals surface area contributed by atoms with Gasteiger partial charge in [-0.3, -0.25) is 9.59 Å². The Labute approximate surface area is 164 Å². The van der Waals surface area contributed by atoms with Crippen LogP contribution in [0.15, 0.2) is 36.4 Å². The van der Waals surface area contributed by atoms with Crippen molar-refractivity contribution in [2.75, 3.05) is 10.6 Å². The molecule has 0 aromatic heterocycles. The lowest BCUT2D eigenvalue weighted by molar-refractivity contribution is -0.133. The fourth-order valence-electron chi connectivity index (χ4n) is 2.74. The van der Waals surface area contributed by atoms with E-state index in [4.69, 9.17) is 0 Å². The average molecular weight is 386 g/mol. The Bertz CT molecular complexity index is 795. The summed E-state index contributed by atoms with van der Waals surface area (Å²) in [6.45, 7) is 2.19. The smallest absolute Gasteiger partial charge is 0.314 e. The van der Waals surface area contributed by atoms with Crippen molar-refractivity contribution in [1.82, 2.24) is 0 Å². The number of aromatic hydroxyl groups is 3. The Morgan fingerprint density at radius 3 is 1.89 bits per heavy atom. The van der Waals surface area contributed by atoms with Gasteiger partial charge in [-0.05, 0) is 30.5 Å². The first kappa shape index (κ1) is 21.1. The predicted molar refractivity (Wildman–Crippen MR) is 108 cm³/mol. The van der Waals surface area contributed by atoms with E-state index in [0.29, 0.717) is 5.69 Å². The van der Waals surface area contributed by atoms with E-state index in [2.05, 4.69) is 17.6 Å². The Morgan fingerprint density at radius 1 is 0.786 bits per heavy atom. The molecular formula is C21H26N2O5. The molecule has 0 spiro atoms. The van der Waals surface area contributed by atoms with Crippen LogP contribution in [-0.4, -0.2) is 27.1 Å². The van der Waals surface area contributed by atoms with Gasteiger partial charge < -0.3 is 26.0 Å². The second-order valence-electron chi connectivity index (χ2n) is 6.63. The SMILES string of the molecule is CCCCCCCc1ccc(NC(=O)C(=O)Nc2cc(O)c(O)c(O)c2)cc1. The van der Waals surface area contributed by atoms with Crippen LogP contribution in [0.4, 0.5) is 11.4 Å². The minimum Gasteiger partial charge on any atom is -0.504 e. The standard InChI is InChI=1S/C21H26N2O5/c1-2-3-4-5-6-7-14-8-10-15(11-9-14)22-20(27)21(28)23-16-12-17(24)19(26)18(25)13-16/h8-13,24-26H,2-7H2,1H3,(H,22,27)(H,23,28). The molecule has 0 saturated heterocycles. The molecule has 0 aliphatic rings. The summed E-state index contributed by atoms with van der Waals surface area (Å²) in [6.07, 6.45) is 7.03. The molecule has 0 unspecified atom stereocenters. The molecule has 5 N–H and O–H groups in total. The van der Waals surface area contributed by atoms with Crippen LogP contribution < -0.4 is 10.6 Å². The highest BCUT2D eigenvalue weighted by atomic mass is 16.3. The van der Waals surface area contributed by atoms with Gasteiger partial charge in [-0.2, -0.15) is 0 Å². The number of unbranched alkanes of at least 4 members (excludes halogenated alkanes) is 4. The van der Waals surface area contributed by atoms with Crippen molar-refractivity contribution in [2.24, 2.45) is 0 Å². The summed E-state index contributed by atoms with van der Waals surface area (Å²) in [5.41, 5.74) is 1.65. The fourth-order valence-corrected chi connectivity index (χ4v) is 2.74. The molecule has 0 fully saturated rings. The molecule has 0 heterocycles. The fraction of sp³-hybridized carbons (Fsp3) is 0.333. The van der Waals surface area contributed by atoms with Crippen LogP contribution in [0.1, 0.15) is 44.6 Å². The quantitative estimate of drug-likeness (QED) is 0.204. The second kappa shape index (κ2) is 10.2. The predicted octanol–water partition coefficient (Wildman–Crippen LogP) is 3.89. The van der Waals surface area contributed by atoms with Gasteiger partial charge in [0, 0.05) is 23.5 Å². The van der Waals surface area contributed by atoms with Crippen LogP contribution >= 0.6 is 0 Å². The molecule has 0 saturated carbocycles. The van der Waals surface area contributed by atoms with E-state index in [1.807, 2.05) is 12.1 Å². The molecule has 0 atom stereocenters. The van der Waals surface area contributed by atoms with Gasteiger partial charge in [0.25, 0.3) is 0 Å². The minimum atomic E-state index is -0.968. The number of carbonyl (C=O) groups is 2. The highest BCUT2D eigenvalue weighted by Gasteiger charge is 2.16. The van der Waals surface area contributed by atoms with E-state index in [0.717, 1.165) is 25.0 Å². The van der Waals surface area contributed by atoms with Crippen LogP contribution in [0.5, 0.6) is 17.2 Å². The van der Waals surface area contributed by atoms with Gasteiger partial charge in [-0.15, -0.1) is 0 Å². The van der Waals surface area contributed by atoms with Crippen molar-refractivity contribution in [1.29, 1.82) is 0 Å². The van der Waals surface area contributed by atoms with E-state index in [1.54, 1.807) is 12.1 Å². The molecule has 2 aromatic rings. The number of phenolic OH excluding ortho intramolecular Hbond substituents is 3. The molecule has 0 bridgehead atoms. The van der Waals surface area contributed by atoms with Crippen LogP contribution in [0.3, 0.4) is 0 Å². The maximum absolute atomic E-state index is 12.0. The molecule has 2 aromatic carbocycles. The van der Waals surface area contributed by atoms with Crippen molar-refractivity contribution in [2.45, 2.75) is 45.4 Å². The third-order valence-corrected chi connectivity index (χ3v) is 4.31. The summed E-state index contributed by atoms with van der Waals surface area (Å²) in [7, 11) is 0. The number of hydrogen-bond donors (Lipinski definition) is 5. The highest BCUT2D eigenvalue weighted by Crippen LogP contribution is 2.37. The van der Waals surface area contributed by atoms with E-state index in [1.165, 1.54) is 31.2 Å². The summed E-state index contributed by atoms with van der Waals surface area (Å²) >= 11 is 0. The topological polar surface area (TPSA) is 119 Å². The van der Waals surface area contributed by atoms with Gasteiger partial charge in [-0.25, -0.2) is 0 Å². The monoisotopic (exact) mass is 386 g/mol. The lowest BCUT2D eigenvalue weighted by Crippen LogP contribution is -2.29. The van der Waals surface area contributed by atoms with Gasteiger partial charge in [0.05, 0.1) is 0 Å². The van der Waals surface area contributed by atoms with E-state index < -0.39 is 29.1 Å². The lowest BCUT2D eigenvalue weighted by Gasteiger charge is -2.09. The molecular weight excluding hydrogens is 360 g/mol. The Balaban J connectivity index is 1.85. The van der Waals surface area contributed by atoms with Gasteiger partial charge in [-0.1, -0.05) is 44.7 Å². The van der Waals surface area contributed by atoms with Crippen LogP contribution in [0, 0.1) is 0 Å². The zero-order valence-corrected chi connectivity index (χ0v) is 15.9. The third-order valence-electron chi connectivity index (χ3n) is 4.31. The van der Waals surface area contributed by atoms with Crippen LogP contribution in [-0.2, 0) is 16.0 Å². The maximum Gasteiger partial charge on any atom is 0.314 e. The lowest BCUT2D eigenvalue weighted by atomic mass is 10.1. The summed E-state index contributed by atoms with van der Waals surface area (Å²) in [5, 5.41) is 32.9. The first-order valence-electron chi connectivity index (χ1n) is 9.37. The molecule has 150 valence electrons. The van der Waals surface area contributed by atoms with Crippen molar-refractivity contribution < 1.29 is 24.9 Å². The maximum atomic E-state index is 12.0. The van der Waals surface area contributed by atoms with Gasteiger partial charge in [0.15, 0.2) is 17.2 Å². The first-order chi connectivity index (χ1) is 13.4. The number of carbonyl (C=O) groups excluding carboxylic acids is 2. The normalized spacial score (nSPS) is 10.5. The molecule has 2 rings (SSSR count). The average Bonchev–Trinajstić information content (AvgIpc) is 2.67. The zero-order valence-electron chi connectivity index (χ0n) is 15.9. The third kappa shape index (κ3) is 6.19. The Hall–Kier alpha value is -3.22. The summed E-state index contributed by atoms with van der Waals surface area (Å²) in [6, 6.07) is 9.37. The number of aryl methyl sites for hydroxylation is 1. The van der Waals surface area contributed by atoms with E-state index in [9.17, 15) is 24.9 Å². The van der Waals surface area contributed by atoms with Crippen molar-refractivity contribution in [3.05, 3.63) is 42.0 Å². The molecule has 0 aliphatic heterocycles. The van der Waals surface area contributed by atoms with E-state index >= 15 is 0 Å². The van der Waals surface area contributed by atoms with Crippen molar-refractivity contribution in [3.8, 4) is 17.2 Å². The number of phenols is 3. The first-order valence-corrected chi connectivity index (χ1v) is 9.37. The summed E-state index contributed by atoms with van der Waals surface area (Å²) in [4.78, 5) is 24.0. The van der Waals surface area contributed by atoms with Gasteiger partial charge in [0.1, 0.15) is 0 Å². The van der Waals surface area contributed by atoms with Gasteiger partial charge >= 0.3 is 11.8 Å². The number of anilines is 2. The number of nitrogens with one attached hydrogen (secondary N) is 2. The van der Waals surface area contributed by atoms with Gasteiger partial charge in [0.2, 0.25) is 0 Å². The highest BCUT2D eigenvalue weighted by molar-refractivity contribution is 6.43. The molecule has 0 aliphatic carbocycles. The number of hydrogen-bond acceptors (Lipinski definition) is 5. The van der Waals surface area contributed by atoms with E-state index in [-0.39, 0.29) is 5.69 Å². The molecule has 0 radical (unpaired) electrons. The number of rotatable bonds is 8. The largest absolute Gasteiger partial charge is 0.504 e. The second-order valence-corrected chi connectivity index (χ2v) is 6.63. The molecule has 2 amide bonds.